The molecule has 12 nitrogen and oxygen atoms in total. The van der Waals surface area contributed by atoms with Crippen molar-refractivity contribution in [2.24, 2.45) is 35.5 Å². The molecule has 2 fully saturated rings. The fraction of sp³-hybridized carbons (Fsp3) is 0.821. The molecule has 0 aromatic rings. The summed E-state index contributed by atoms with van der Waals surface area (Å²) < 4.78 is 23.8. The summed E-state index contributed by atoms with van der Waals surface area (Å²) in [5, 5.41) is 7.29. The lowest BCUT2D eigenvalue weighted by atomic mass is 9.83. The number of hydrogen-bond acceptors (Lipinski definition) is 12. The van der Waals surface area contributed by atoms with E-state index >= 15 is 0 Å². The molecule has 0 aliphatic heterocycles. The standard InChI is InChI=1S/C27H47IO5.C26H43IO4.C2H4O3.CH4/c1-4-5-6-9-12-16-31-18-19-32-17-15-24-23(21-28)20-26(29)25(24)13-10-7-8-11-14-27(30)33-22(2)3;1-4-5-6-7-10-13-22(28)16-17-23-21(19-27)18-25(29)24(23)14-11-8-9-12-15-26(30)31-20(2)3;1-2(3)5-4;/h7,10,22-25H,4-6,8-9,11-21H2,1-3H3;8,11,20-21,23-24H,4-7,9-10,12-19H2,1-3H3;4H,1H3;1H4/t23-,24-,25+;21-,23-,24+;;/m00../s1. The van der Waals surface area contributed by atoms with Crippen LogP contribution in [-0.2, 0) is 52.6 Å². The van der Waals surface area contributed by atoms with Gasteiger partial charge in [0.15, 0.2) is 0 Å². The number of carbonyl (C=O) groups excluding carboxylic acids is 6. The van der Waals surface area contributed by atoms with E-state index in [2.05, 4.69) is 88.2 Å². The van der Waals surface area contributed by atoms with Gasteiger partial charge < -0.3 is 23.8 Å². The average molecular weight is 1220 g/mol. The number of allylic oxidation sites excluding steroid dienone is 4. The zero-order valence-electron chi connectivity index (χ0n) is 43.8. The number of ketones is 3. The van der Waals surface area contributed by atoms with Gasteiger partial charge in [-0.05, 0) is 116 Å². The normalized spacial score (nSPS) is 19.8. The molecule has 0 bridgehead atoms. The van der Waals surface area contributed by atoms with Crippen LogP contribution in [0.1, 0.15) is 210 Å². The molecule has 2 rings (SSSR count). The minimum atomic E-state index is -0.690. The molecule has 2 saturated carbocycles. The highest BCUT2D eigenvalue weighted by Crippen LogP contribution is 2.41. The van der Waals surface area contributed by atoms with Gasteiger partial charge in [0.1, 0.15) is 17.3 Å². The van der Waals surface area contributed by atoms with Gasteiger partial charge in [-0.2, -0.15) is 5.26 Å². The van der Waals surface area contributed by atoms with Crippen molar-refractivity contribution >= 4 is 80.4 Å². The van der Waals surface area contributed by atoms with E-state index in [0.29, 0.717) is 99.4 Å². The van der Waals surface area contributed by atoms with Gasteiger partial charge in [0.2, 0.25) is 0 Å². The maximum Gasteiger partial charge on any atom is 0.339 e. The third-order valence-electron chi connectivity index (χ3n) is 12.5. The Hall–Kier alpha value is -1.76. The number of unbranched alkanes of at least 4 members (excludes halogenated alkanes) is 10. The van der Waals surface area contributed by atoms with Gasteiger partial charge >= 0.3 is 17.9 Å². The van der Waals surface area contributed by atoms with Gasteiger partial charge in [-0.1, -0.05) is 142 Å². The summed E-state index contributed by atoms with van der Waals surface area (Å²) in [4.78, 5) is 73.1. The van der Waals surface area contributed by atoms with Crippen LogP contribution < -0.4 is 0 Å². The molecule has 0 amide bonds. The van der Waals surface area contributed by atoms with Crippen LogP contribution in [0, 0.1) is 35.5 Å². The molecule has 0 heterocycles. The van der Waals surface area contributed by atoms with Crippen molar-refractivity contribution in [2.45, 2.75) is 222 Å². The minimum Gasteiger partial charge on any atom is -0.463 e. The zero-order chi connectivity index (χ0) is 51.7. The molecule has 0 aromatic carbocycles. The molecular formula is C56H98I2O12. The number of alkyl halides is 2. The van der Waals surface area contributed by atoms with Crippen molar-refractivity contribution in [1.82, 2.24) is 0 Å². The minimum absolute atomic E-state index is 0. The summed E-state index contributed by atoms with van der Waals surface area (Å²) in [6, 6.07) is 0. The highest BCUT2D eigenvalue weighted by molar-refractivity contribution is 14.1. The van der Waals surface area contributed by atoms with Gasteiger partial charge in [-0.25, -0.2) is 4.79 Å². The van der Waals surface area contributed by atoms with E-state index in [-0.39, 0.29) is 43.4 Å². The topological polar surface area (TPSA) is 169 Å². The Kier molecular flexibility index (Phi) is 47.2. The van der Waals surface area contributed by atoms with Crippen molar-refractivity contribution in [1.29, 1.82) is 0 Å². The first-order chi connectivity index (χ1) is 33.1. The van der Waals surface area contributed by atoms with E-state index < -0.39 is 5.97 Å². The summed E-state index contributed by atoms with van der Waals surface area (Å²) in [5.74, 6) is 1.94. The molecule has 0 aromatic heterocycles. The Morgan fingerprint density at radius 1 is 0.586 bits per heavy atom. The molecule has 0 radical (unpaired) electrons. The van der Waals surface area contributed by atoms with Crippen molar-refractivity contribution in [3.05, 3.63) is 24.3 Å². The molecule has 2 aliphatic rings. The predicted octanol–water partition coefficient (Wildman–Crippen LogP) is 14.4. The van der Waals surface area contributed by atoms with Crippen molar-refractivity contribution in [3.8, 4) is 0 Å². The number of Topliss-reactive ketones (excluding diaryl/α,β-unsaturated/α-hetero) is 3. The Labute approximate surface area is 452 Å². The van der Waals surface area contributed by atoms with E-state index in [1.165, 1.54) is 44.9 Å². The average Bonchev–Trinajstić information content (AvgIpc) is 3.79. The Bertz CT molecular complexity index is 1430. The number of halogens is 2. The lowest BCUT2D eigenvalue weighted by molar-refractivity contribution is -0.231. The number of carbonyl (C=O) groups is 6. The first-order valence-electron chi connectivity index (χ1n) is 26.5. The lowest BCUT2D eigenvalue weighted by Crippen LogP contribution is -2.20. The van der Waals surface area contributed by atoms with Crippen molar-refractivity contribution in [2.75, 3.05) is 35.3 Å². The van der Waals surface area contributed by atoms with E-state index in [4.69, 9.17) is 24.2 Å². The third kappa shape index (κ3) is 37.0. The Morgan fingerprint density at radius 2 is 1.01 bits per heavy atom. The number of esters is 2. The van der Waals surface area contributed by atoms with Crippen molar-refractivity contribution < 1.29 is 57.9 Å². The molecule has 0 spiro atoms. The molecule has 6 atom stereocenters. The van der Waals surface area contributed by atoms with E-state index in [0.717, 1.165) is 93.0 Å². The third-order valence-corrected chi connectivity index (χ3v) is 14.8. The van der Waals surface area contributed by atoms with Crippen LogP contribution >= 0.6 is 45.2 Å². The van der Waals surface area contributed by atoms with Crippen LogP contribution in [0.4, 0.5) is 0 Å². The lowest BCUT2D eigenvalue weighted by Gasteiger charge is -2.22. The Balaban J connectivity index is 0. The van der Waals surface area contributed by atoms with Crippen LogP contribution in [0.15, 0.2) is 24.3 Å². The molecule has 0 unspecified atom stereocenters. The molecular weight excluding hydrogens is 1120 g/mol. The van der Waals surface area contributed by atoms with Crippen LogP contribution in [-0.4, -0.2) is 88.0 Å². The fourth-order valence-corrected chi connectivity index (χ4v) is 10.8. The highest BCUT2D eigenvalue weighted by atomic mass is 127. The van der Waals surface area contributed by atoms with Gasteiger partial charge in [-0.3, -0.25) is 24.0 Å². The SMILES string of the molecule is C.CC(=O)OO.CCCCCCCC(=O)CC[C@H]1[C@H](CI)CC(=O)[C@@H]1CC=CCCCC(=O)OC(C)C.CCCCCCCOCCOCC[C@H]1[C@H](CI)CC(=O)[C@@H]1CC=CCCCC(=O)OC(C)C. The fourth-order valence-electron chi connectivity index (χ4n) is 8.90. The number of ether oxygens (including phenoxy) is 4. The zero-order valence-corrected chi connectivity index (χ0v) is 48.2. The van der Waals surface area contributed by atoms with Crippen LogP contribution in [0.25, 0.3) is 0 Å². The summed E-state index contributed by atoms with van der Waals surface area (Å²) >= 11 is 4.80. The first kappa shape index (κ1) is 70.3. The van der Waals surface area contributed by atoms with Crippen molar-refractivity contribution in [3.63, 3.8) is 0 Å². The highest BCUT2D eigenvalue weighted by Gasteiger charge is 2.41. The molecule has 1 N–H and O–H groups in total. The second-order valence-corrected chi connectivity index (χ2v) is 21.0. The van der Waals surface area contributed by atoms with Crippen LogP contribution in [0.2, 0.25) is 0 Å². The second-order valence-electron chi connectivity index (χ2n) is 19.2. The summed E-state index contributed by atoms with van der Waals surface area (Å²) in [6.45, 7) is 15.8. The molecule has 408 valence electrons. The van der Waals surface area contributed by atoms with Crippen LogP contribution in [0.5, 0.6) is 0 Å². The largest absolute Gasteiger partial charge is 0.463 e. The maximum atomic E-state index is 12.6. The van der Waals surface area contributed by atoms with Crippen LogP contribution in [0.3, 0.4) is 0 Å². The second kappa shape index (κ2) is 47.0. The first-order valence-corrected chi connectivity index (χ1v) is 29.6. The molecule has 70 heavy (non-hydrogen) atoms. The van der Waals surface area contributed by atoms with E-state index in [1.54, 1.807) is 0 Å². The number of hydrogen-bond donors (Lipinski definition) is 1. The molecule has 14 heteroatoms. The summed E-state index contributed by atoms with van der Waals surface area (Å²) in [5.41, 5.74) is 0. The quantitative estimate of drug-likeness (QED) is 0.00915. The van der Waals surface area contributed by atoms with Gasteiger partial charge in [0.25, 0.3) is 0 Å². The Morgan fingerprint density at radius 3 is 1.44 bits per heavy atom. The van der Waals surface area contributed by atoms with Gasteiger partial charge in [-0.15, -0.1) is 0 Å². The monoisotopic (exact) mass is 1220 g/mol. The maximum absolute atomic E-state index is 12.6. The summed E-state index contributed by atoms with van der Waals surface area (Å²) in [7, 11) is 0. The van der Waals surface area contributed by atoms with E-state index in [1.807, 2.05) is 27.7 Å². The van der Waals surface area contributed by atoms with Gasteiger partial charge in [0.05, 0.1) is 25.4 Å². The van der Waals surface area contributed by atoms with E-state index in [9.17, 15) is 28.8 Å². The smallest absolute Gasteiger partial charge is 0.339 e. The van der Waals surface area contributed by atoms with Gasteiger partial charge in [0, 0.05) is 79.4 Å². The summed E-state index contributed by atoms with van der Waals surface area (Å²) in [6.07, 6.45) is 30.6. The molecule has 2 aliphatic carbocycles. The molecule has 0 saturated heterocycles. The number of rotatable bonds is 37. The predicted molar refractivity (Wildman–Crippen MR) is 299 cm³/mol.